The molecule has 0 fully saturated rings. The SMILES string of the molecule is O=C(Nc1ccc(OC(F)(F)F)cc1)c1cccc(-c2cncnc2)c1O. The molecule has 1 aromatic heterocycles. The number of nitrogens with one attached hydrogen (secondary N) is 1. The minimum Gasteiger partial charge on any atom is -0.506 e. The monoisotopic (exact) mass is 375 g/mol. The smallest absolute Gasteiger partial charge is 0.506 e. The number of carbonyl (C=O) groups excluding carboxylic acids is 1. The molecule has 0 radical (unpaired) electrons. The van der Waals surface area contributed by atoms with E-state index in [0.717, 1.165) is 12.1 Å². The Labute approximate surface area is 151 Å². The van der Waals surface area contributed by atoms with Crippen molar-refractivity contribution in [2.45, 2.75) is 6.36 Å². The highest BCUT2D eigenvalue weighted by Crippen LogP contribution is 2.32. The van der Waals surface area contributed by atoms with Gasteiger partial charge in [-0.2, -0.15) is 0 Å². The van der Waals surface area contributed by atoms with Crippen molar-refractivity contribution in [3.8, 4) is 22.6 Å². The van der Waals surface area contributed by atoms with Crippen molar-refractivity contribution in [3.05, 3.63) is 66.7 Å². The number of carbonyl (C=O) groups is 1. The number of benzene rings is 2. The molecule has 1 amide bonds. The number of phenolic OH excluding ortho intramolecular Hbond substituents is 1. The molecule has 0 atom stereocenters. The van der Waals surface area contributed by atoms with Crippen LogP contribution in [0.4, 0.5) is 18.9 Å². The van der Waals surface area contributed by atoms with E-state index in [-0.39, 0.29) is 17.0 Å². The molecule has 3 rings (SSSR count). The van der Waals surface area contributed by atoms with E-state index >= 15 is 0 Å². The first-order valence-electron chi connectivity index (χ1n) is 7.58. The van der Waals surface area contributed by atoms with E-state index in [2.05, 4.69) is 20.0 Å². The minimum atomic E-state index is -4.79. The summed E-state index contributed by atoms with van der Waals surface area (Å²) in [5.41, 5.74) is 1.13. The summed E-state index contributed by atoms with van der Waals surface area (Å²) in [7, 11) is 0. The highest BCUT2D eigenvalue weighted by molar-refractivity contribution is 6.07. The van der Waals surface area contributed by atoms with E-state index in [1.807, 2.05) is 0 Å². The average Bonchev–Trinajstić information content (AvgIpc) is 2.63. The third-order valence-electron chi connectivity index (χ3n) is 3.50. The summed E-state index contributed by atoms with van der Waals surface area (Å²) in [4.78, 5) is 20.1. The molecule has 0 aliphatic rings. The lowest BCUT2D eigenvalue weighted by Crippen LogP contribution is -2.17. The van der Waals surface area contributed by atoms with Gasteiger partial charge in [0.25, 0.3) is 5.91 Å². The fraction of sp³-hybridized carbons (Fsp3) is 0.0556. The highest BCUT2D eigenvalue weighted by atomic mass is 19.4. The van der Waals surface area contributed by atoms with Crippen molar-refractivity contribution in [1.82, 2.24) is 9.97 Å². The Morgan fingerprint density at radius 2 is 1.70 bits per heavy atom. The van der Waals surface area contributed by atoms with Crippen LogP contribution >= 0.6 is 0 Å². The number of rotatable bonds is 4. The van der Waals surface area contributed by atoms with Gasteiger partial charge in [-0.1, -0.05) is 12.1 Å². The fourth-order valence-corrected chi connectivity index (χ4v) is 2.34. The maximum absolute atomic E-state index is 12.4. The van der Waals surface area contributed by atoms with E-state index in [4.69, 9.17) is 0 Å². The van der Waals surface area contributed by atoms with E-state index < -0.39 is 18.0 Å². The van der Waals surface area contributed by atoms with Gasteiger partial charge in [0.1, 0.15) is 17.8 Å². The number of phenols is 1. The minimum absolute atomic E-state index is 0.00743. The first-order valence-corrected chi connectivity index (χ1v) is 7.58. The van der Waals surface area contributed by atoms with Gasteiger partial charge in [0.15, 0.2) is 0 Å². The molecule has 0 aliphatic carbocycles. The van der Waals surface area contributed by atoms with Crippen LogP contribution in [0.25, 0.3) is 11.1 Å². The normalized spacial score (nSPS) is 11.1. The van der Waals surface area contributed by atoms with Crippen LogP contribution in [-0.4, -0.2) is 27.3 Å². The summed E-state index contributed by atoms with van der Waals surface area (Å²) in [5.74, 6) is -1.30. The number of hydrogen-bond donors (Lipinski definition) is 2. The average molecular weight is 375 g/mol. The molecule has 1 heterocycles. The second kappa shape index (κ2) is 7.32. The van der Waals surface area contributed by atoms with Crippen LogP contribution in [0, 0.1) is 0 Å². The molecule has 0 unspecified atom stereocenters. The number of para-hydroxylation sites is 1. The van der Waals surface area contributed by atoms with Gasteiger partial charge in [-0.15, -0.1) is 13.2 Å². The van der Waals surface area contributed by atoms with E-state index in [0.29, 0.717) is 11.1 Å². The van der Waals surface area contributed by atoms with Gasteiger partial charge in [-0.25, -0.2) is 9.97 Å². The number of nitrogens with zero attached hydrogens (tertiary/aromatic N) is 2. The molecule has 0 aliphatic heterocycles. The molecular formula is C18H12F3N3O3. The Bertz CT molecular complexity index is 946. The largest absolute Gasteiger partial charge is 0.573 e. The van der Waals surface area contributed by atoms with E-state index in [1.54, 1.807) is 12.1 Å². The molecule has 27 heavy (non-hydrogen) atoms. The second-order valence-corrected chi connectivity index (χ2v) is 5.36. The van der Waals surface area contributed by atoms with E-state index in [1.165, 1.54) is 36.9 Å². The van der Waals surface area contributed by atoms with Gasteiger partial charge < -0.3 is 15.2 Å². The van der Waals surface area contributed by atoms with Crippen LogP contribution in [0.2, 0.25) is 0 Å². The third kappa shape index (κ3) is 4.51. The number of aromatic nitrogens is 2. The van der Waals surface area contributed by atoms with Crippen LogP contribution in [0.1, 0.15) is 10.4 Å². The van der Waals surface area contributed by atoms with Gasteiger partial charge >= 0.3 is 6.36 Å². The molecule has 138 valence electrons. The maximum Gasteiger partial charge on any atom is 0.573 e. The molecule has 2 N–H and O–H groups in total. The van der Waals surface area contributed by atoms with Crippen molar-refractivity contribution in [1.29, 1.82) is 0 Å². The molecule has 0 saturated carbocycles. The Morgan fingerprint density at radius 1 is 1.04 bits per heavy atom. The van der Waals surface area contributed by atoms with Gasteiger partial charge in [0.2, 0.25) is 0 Å². The molecule has 3 aromatic rings. The summed E-state index contributed by atoms with van der Waals surface area (Å²) in [5, 5.41) is 12.9. The predicted octanol–water partition coefficient (Wildman–Crippen LogP) is 4.00. The lowest BCUT2D eigenvalue weighted by atomic mass is 10.0. The number of aromatic hydroxyl groups is 1. The molecule has 0 bridgehead atoms. The second-order valence-electron chi connectivity index (χ2n) is 5.36. The lowest BCUT2D eigenvalue weighted by molar-refractivity contribution is -0.274. The van der Waals surface area contributed by atoms with Gasteiger partial charge in [0, 0.05) is 29.2 Å². The zero-order valence-corrected chi connectivity index (χ0v) is 13.6. The summed E-state index contributed by atoms with van der Waals surface area (Å²) < 4.78 is 40.3. The summed E-state index contributed by atoms with van der Waals surface area (Å²) in [6.07, 6.45) is -0.479. The topological polar surface area (TPSA) is 84.3 Å². The number of amides is 1. The number of ether oxygens (including phenoxy) is 1. The van der Waals surface area contributed by atoms with Crippen molar-refractivity contribution < 1.29 is 27.8 Å². The molecule has 0 spiro atoms. The molecule has 6 nitrogen and oxygen atoms in total. The molecule has 2 aromatic carbocycles. The Morgan fingerprint density at radius 3 is 2.33 bits per heavy atom. The van der Waals surface area contributed by atoms with Crippen molar-refractivity contribution >= 4 is 11.6 Å². The van der Waals surface area contributed by atoms with Crippen LogP contribution < -0.4 is 10.1 Å². The Kier molecular flexibility index (Phi) is 4.93. The van der Waals surface area contributed by atoms with Crippen LogP contribution in [0.15, 0.2) is 61.2 Å². The molecule has 0 saturated heterocycles. The number of hydrogen-bond acceptors (Lipinski definition) is 5. The molecular weight excluding hydrogens is 363 g/mol. The van der Waals surface area contributed by atoms with Crippen molar-refractivity contribution in [2.75, 3.05) is 5.32 Å². The lowest BCUT2D eigenvalue weighted by Gasteiger charge is -2.11. The van der Waals surface area contributed by atoms with Crippen LogP contribution in [0.3, 0.4) is 0 Å². The van der Waals surface area contributed by atoms with Crippen molar-refractivity contribution in [2.24, 2.45) is 0 Å². The van der Waals surface area contributed by atoms with Crippen LogP contribution in [-0.2, 0) is 0 Å². The Hall–Kier alpha value is -3.62. The first kappa shape index (κ1) is 18.2. The third-order valence-corrected chi connectivity index (χ3v) is 3.50. The number of halogens is 3. The van der Waals surface area contributed by atoms with Gasteiger partial charge in [-0.05, 0) is 30.3 Å². The summed E-state index contributed by atoms with van der Waals surface area (Å²) >= 11 is 0. The summed E-state index contributed by atoms with van der Waals surface area (Å²) in [6, 6.07) is 9.25. The quantitative estimate of drug-likeness (QED) is 0.720. The van der Waals surface area contributed by atoms with Gasteiger partial charge in [-0.3, -0.25) is 4.79 Å². The maximum atomic E-state index is 12.4. The standard InChI is InChI=1S/C18H12F3N3O3/c19-18(20,21)27-13-6-4-12(5-7-13)24-17(26)15-3-1-2-14(16(15)25)11-8-22-10-23-9-11/h1-10,25H,(H,24,26). The molecule has 9 heteroatoms. The predicted molar refractivity (Wildman–Crippen MR) is 90.2 cm³/mol. The zero-order chi connectivity index (χ0) is 19.4. The zero-order valence-electron chi connectivity index (χ0n) is 13.6. The summed E-state index contributed by atoms with van der Waals surface area (Å²) in [6.45, 7) is 0. The fourth-order valence-electron chi connectivity index (χ4n) is 2.34. The van der Waals surface area contributed by atoms with Gasteiger partial charge in [0.05, 0.1) is 5.56 Å². The first-order chi connectivity index (χ1) is 12.8. The van der Waals surface area contributed by atoms with Crippen LogP contribution in [0.5, 0.6) is 11.5 Å². The van der Waals surface area contributed by atoms with Crippen molar-refractivity contribution in [3.63, 3.8) is 0 Å². The number of alkyl halides is 3. The highest BCUT2D eigenvalue weighted by Gasteiger charge is 2.31. The van der Waals surface area contributed by atoms with E-state index in [9.17, 15) is 23.1 Å². The number of anilines is 1. The Balaban J connectivity index is 1.79.